The van der Waals surface area contributed by atoms with Gasteiger partial charge in [0.25, 0.3) is 0 Å². The molecule has 96 valence electrons. The number of aromatic nitrogens is 1. The molecule has 0 fully saturated rings. The van der Waals surface area contributed by atoms with Crippen LogP contribution in [0.15, 0.2) is 35.4 Å². The summed E-state index contributed by atoms with van der Waals surface area (Å²) >= 11 is 1.64. The Hall–Kier alpha value is -1.40. The quantitative estimate of drug-likeness (QED) is 0.936. The molecule has 0 aliphatic carbocycles. The summed E-state index contributed by atoms with van der Waals surface area (Å²) in [5.41, 5.74) is 0.897. The van der Waals surface area contributed by atoms with Gasteiger partial charge in [-0.1, -0.05) is 0 Å². The lowest BCUT2D eigenvalue weighted by molar-refractivity contribution is 0.602. The molecule has 0 unspecified atom stereocenters. The third-order valence-electron chi connectivity index (χ3n) is 2.42. The smallest absolute Gasteiger partial charge is 0.175 e. The molecule has 2 aromatic rings. The van der Waals surface area contributed by atoms with E-state index in [-0.39, 0.29) is 0 Å². The van der Waals surface area contributed by atoms with Crippen molar-refractivity contribution in [3.63, 3.8) is 0 Å². The lowest BCUT2D eigenvalue weighted by Gasteiger charge is -2.05. The Morgan fingerprint density at radius 3 is 2.44 bits per heavy atom. The van der Waals surface area contributed by atoms with Crippen LogP contribution in [0, 0.1) is 6.92 Å². The van der Waals surface area contributed by atoms with Gasteiger partial charge in [-0.3, -0.25) is 0 Å². The Labute approximate surface area is 111 Å². The van der Waals surface area contributed by atoms with Gasteiger partial charge in [0.05, 0.1) is 16.4 Å². The van der Waals surface area contributed by atoms with Gasteiger partial charge in [-0.2, -0.15) is 0 Å². The van der Waals surface area contributed by atoms with Gasteiger partial charge >= 0.3 is 0 Å². The minimum Gasteiger partial charge on any atom is -0.380 e. The zero-order valence-electron chi connectivity index (χ0n) is 10.2. The normalized spacial score (nSPS) is 11.4. The van der Waals surface area contributed by atoms with Crippen LogP contribution in [-0.4, -0.2) is 19.7 Å². The van der Waals surface area contributed by atoms with Crippen LogP contribution in [0.3, 0.4) is 0 Å². The molecule has 2 rings (SSSR count). The maximum absolute atomic E-state index is 11.3. The van der Waals surface area contributed by atoms with Gasteiger partial charge in [-0.05, 0) is 31.2 Å². The predicted octanol–water partition coefficient (Wildman–Crippen LogP) is 2.47. The zero-order valence-corrected chi connectivity index (χ0v) is 11.8. The molecule has 0 bridgehead atoms. The highest BCUT2D eigenvalue weighted by Gasteiger charge is 2.06. The number of benzene rings is 1. The number of nitrogens with one attached hydrogen (secondary N) is 1. The van der Waals surface area contributed by atoms with Gasteiger partial charge in [-0.25, -0.2) is 13.4 Å². The first-order valence-corrected chi connectivity index (χ1v) is 8.11. The lowest BCUT2D eigenvalue weighted by atomic mass is 10.3. The summed E-state index contributed by atoms with van der Waals surface area (Å²) in [6, 6.07) is 6.75. The van der Waals surface area contributed by atoms with Crippen molar-refractivity contribution in [3.8, 4) is 0 Å². The number of thiazole rings is 1. The first-order chi connectivity index (χ1) is 8.45. The van der Waals surface area contributed by atoms with E-state index in [1.54, 1.807) is 35.6 Å². The Morgan fingerprint density at radius 1 is 1.28 bits per heavy atom. The van der Waals surface area contributed by atoms with E-state index in [0.717, 1.165) is 15.6 Å². The molecule has 0 spiro atoms. The molecule has 0 saturated heterocycles. The van der Waals surface area contributed by atoms with Gasteiger partial charge in [0.2, 0.25) is 0 Å². The van der Waals surface area contributed by atoms with Gasteiger partial charge in [0, 0.05) is 23.0 Å². The summed E-state index contributed by atoms with van der Waals surface area (Å²) in [5, 5.41) is 4.27. The highest BCUT2D eigenvalue weighted by atomic mass is 32.2. The number of anilines is 1. The number of sulfone groups is 1. The van der Waals surface area contributed by atoms with E-state index in [2.05, 4.69) is 10.3 Å². The van der Waals surface area contributed by atoms with Crippen molar-refractivity contribution in [2.75, 3.05) is 11.6 Å². The topological polar surface area (TPSA) is 59.1 Å². The number of aryl methyl sites for hydroxylation is 1. The maximum atomic E-state index is 11.3. The Kier molecular flexibility index (Phi) is 3.68. The minimum atomic E-state index is -3.12. The molecular formula is C12H14N2O2S2. The predicted molar refractivity (Wildman–Crippen MR) is 73.7 cm³/mol. The summed E-state index contributed by atoms with van der Waals surface area (Å²) in [7, 11) is -3.12. The van der Waals surface area contributed by atoms with Gasteiger partial charge in [0.15, 0.2) is 9.84 Å². The van der Waals surface area contributed by atoms with Gasteiger partial charge in [-0.15, -0.1) is 11.3 Å². The fourth-order valence-corrected chi connectivity index (χ4v) is 2.86. The third kappa shape index (κ3) is 3.30. The second kappa shape index (κ2) is 5.07. The van der Waals surface area contributed by atoms with Crippen molar-refractivity contribution in [1.29, 1.82) is 0 Å². The van der Waals surface area contributed by atoms with Crippen molar-refractivity contribution in [3.05, 3.63) is 40.3 Å². The summed E-state index contributed by atoms with van der Waals surface area (Å²) < 4.78 is 22.6. The van der Waals surface area contributed by atoms with E-state index in [1.165, 1.54) is 6.26 Å². The van der Waals surface area contributed by atoms with E-state index in [9.17, 15) is 8.42 Å². The lowest BCUT2D eigenvalue weighted by Crippen LogP contribution is -1.99. The van der Waals surface area contributed by atoms with Gasteiger partial charge in [0.1, 0.15) is 0 Å². The number of nitrogens with zero attached hydrogens (tertiary/aromatic N) is 1. The highest BCUT2D eigenvalue weighted by Crippen LogP contribution is 2.16. The van der Waals surface area contributed by atoms with Crippen LogP contribution in [0.2, 0.25) is 0 Å². The Morgan fingerprint density at radius 2 is 1.94 bits per heavy atom. The number of hydrogen-bond acceptors (Lipinski definition) is 5. The fourth-order valence-electron chi connectivity index (χ4n) is 1.50. The molecule has 6 heteroatoms. The number of rotatable bonds is 4. The molecule has 0 aliphatic heterocycles. The molecule has 0 aliphatic rings. The zero-order chi connectivity index (χ0) is 13.2. The maximum Gasteiger partial charge on any atom is 0.175 e. The van der Waals surface area contributed by atoms with Crippen LogP contribution in [-0.2, 0) is 16.4 Å². The van der Waals surface area contributed by atoms with Crippen molar-refractivity contribution < 1.29 is 8.42 Å². The molecule has 1 aromatic heterocycles. The molecule has 1 N–H and O–H groups in total. The van der Waals surface area contributed by atoms with E-state index >= 15 is 0 Å². The first kappa shape index (κ1) is 13.0. The molecule has 18 heavy (non-hydrogen) atoms. The summed E-state index contributed by atoms with van der Waals surface area (Å²) in [6.07, 6.45) is 3.05. The Balaban J connectivity index is 2.03. The van der Waals surface area contributed by atoms with Crippen molar-refractivity contribution >= 4 is 26.9 Å². The molecule has 1 aromatic carbocycles. The largest absolute Gasteiger partial charge is 0.380 e. The average Bonchev–Trinajstić information content (AvgIpc) is 2.72. The summed E-state index contributed by atoms with van der Waals surface area (Å²) in [5.74, 6) is 0. The molecule has 1 heterocycles. The van der Waals surface area contributed by atoms with Crippen molar-refractivity contribution in [1.82, 2.24) is 4.98 Å². The number of hydrogen-bond donors (Lipinski definition) is 1. The van der Waals surface area contributed by atoms with Crippen molar-refractivity contribution in [2.24, 2.45) is 0 Å². The first-order valence-electron chi connectivity index (χ1n) is 5.40. The second-order valence-electron chi connectivity index (χ2n) is 4.00. The van der Waals surface area contributed by atoms with E-state index in [0.29, 0.717) is 11.4 Å². The van der Waals surface area contributed by atoms with Crippen LogP contribution < -0.4 is 5.32 Å². The van der Waals surface area contributed by atoms with Crippen molar-refractivity contribution in [2.45, 2.75) is 18.4 Å². The molecule has 0 radical (unpaired) electrons. The van der Waals surface area contributed by atoms with E-state index < -0.39 is 9.84 Å². The molecular weight excluding hydrogens is 268 g/mol. The standard InChI is InChI=1S/C12H14N2O2S2/c1-9-13-7-11(17-9)8-14-10-3-5-12(6-4-10)18(2,15)16/h3-7,14H,8H2,1-2H3. The van der Waals surface area contributed by atoms with E-state index in [1.807, 2.05) is 13.1 Å². The third-order valence-corrected chi connectivity index (χ3v) is 4.46. The summed E-state index contributed by atoms with van der Waals surface area (Å²) in [4.78, 5) is 5.66. The SMILES string of the molecule is Cc1ncc(CNc2ccc(S(C)(=O)=O)cc2)s1. The average molecular weight is 282 g/mol. The van der Waals surface area contributed by atoms with Crippen LogP contribution in [0.1, 0.15) is 9.88 Å². The van der Waals surface area contributed by atoms with Crippen LogP contribution in [0.5, 0.6) is 0 Å². The highest BCUT2D eigenvalue weighted by molar-refractivity contribution is 7.90. The molecule has 0 amide bonds. The van der Waals surface area contributed by atoms with Crippen LogP contribution in [0.25, 0.3) is 0 Å². The van der Waals surface area contributed by atoms with Crippen LogP contribution in [0.4, 0.5) is 5.69 Å². The second-order valence-corrected chi connectivity index (χ2v) is 7.33. The van der Waals surface area contributed by atoms with Gasteiger partial charge < -0.3 is 5.32 Å². The van der Waals surface area contributed by atoms with E-state index in [4.69, 9.17) is 0 Å². The minimum absolute atomic E-state index is 0.335. The molecule has 4 nitrogen and oxygen atoms in total. The molecule has 0 atom stereocenters. The van der Waals surface area contributed by atoms with Crippen LogP contribution >= 0.6 is 11.3 Å². The Bertz CT molecular complexity index is 630. The summed E-state index contributed by atoms with van der Waals surface area (Å²) in [6.45, 7) is 2.67. The monoisotopic (exact) mass is 282 g/mol. The fraction of sp³-hybridized carbons (Fsp3) is 0.250. The molecule has 0 saturated carbocycles.